The molecule has 36 heavy (non-hydrogen) atoms. The van der Waals surface area contributed by atoms with Crippen LogP contribution < -0.4 is 10.8 Å². The molecule has 0 aliphatic rings. The zero-order valence-corrected chi connectivity index (χ0v) is 20.1. The van der Waals surface area contributed by atoms with Crippen LogP contribution in [0.3, 0.4) is 0 Å². The SMILES string of the molecule is CC(C)(F)CCC(CC(O)C(Cc1ccccc1F)NC(=O)c1cnc2ccccc2n1)C(=O)NO. The van der Waals surface area contributed by atoms with E-state index >= 15 is 0 Å². The zero-order chi connectivity index (χ0) is 26.3. The van der Waals surface area contributed by atoms with Gasteiger partial charge in [0.2, 0.25) is 5.91 Å². The molecule has 3 aromatic rings. The number of benzene rings is 2. The van der Waals surface area contributed by atoms with Gasteiger partial charge in [0, 0.05) is 5.92 Å². The van der Waals surface area contributed by atoms with Crippen LogP contribution in [-0.4, -0.2) is 49.9 Å². The number of para-hydroxylation sites is 2. The van der Waals surface area contributed by atoms with Crippen LogP contribution in [0, 0.1) is 11.7 Å². The van der Waals surface area contributed by atoms with Gasteiger partial charge in [-0.25, -0.2) is 19.2 Å². The molecule has 2 aromatic carbocycles. The van der Waals surface area contributed by atoms with Crippen molar-refractivity contribution in [1.29, 1.82) is 0 Å². The second-order valence-corrected chi connectivity index (χ2v) is 9.35. The first-order valence-electron chi connectivity index (χ1n) is 11.6. The first-order valence-corrected chi connectivity index (χ1v) is 11.6. The minimum atomic E-state index is -1.56. The number of rotatable bonds is 11. The van der Waals surface area contributed by atoms with Crippen LogP contribution in [-0.2, 0) is 11.2 Å². The van der Waals surface area contributed by atoms with Crippen molar-refractivity contribution in [2.75, 3.05) is 0 Å². The molecule has 8 nitrogen and oxygen atoms in total. The molecule has 3 rings (SSSR count). The van der Waals surface area contributed by atoms with Crippen LogP contribution in [0.5, 0.6) is 0 Å². The van der Waals surface area contributed by atoms with Crippen molar-refractivity contribution in [3.63, 3.8) is 0 Å². The van der Waals surface area contributed by atoms with Gasteiger partial charge in [0.05, 0.1) is 29.4 Å². The Bertz CT molecular complexity index is 1200. The summed E-state index contributed by atoms with van der Waals surface area (Å²) >= 11 is 0. The van der Waals surface area contributed by atoms with Gasteiger partial charge in [0.25, 0.3) is 5.91 Å². The Balaban J connectivity index is 1.83. The first kappa shape index (κ1) is 27.1. The van der Waals surface area contributed by atoms with E-state index in [-0.39, 0.29) is 36.9 Å². The van der Waals surface area contributed by atoms with Crippen molar-refractivity contribution in [3.05, 3.63) is 71.8 Å². The number of carbonyl (C=O) groups is 2. The molecule has 0 saturated heterocycles. The lowest BCUT2D eigenvalue weighted by Crippen LogP contribution is -2.47. The Morgan fingerprint density at radius 3 is 2.42 bits per heavy atom. The Morgan fingerprint density at radius 1 is 1.08 bits per heavy atom. The summed E-state index contributed by atoms with van der Waals surface area (Å²) in [5.41, 5.74) is 1.35. The van der Waals surface area contributed by atoms with Crippen molar-refractivity contribution in [1.82, 2.24) is 20.8 Å². The second-order valence-electron chi connectivity index (χ2n) is 9.35. The average Bonchev–Trinajstić information content (AvgIpc) is 2.85. The number of amides is 2. The summed E-state index contributed by atoms with van der Waals surface area (Å²) in [7, 11) is 0. The predicted octanol–water partition coefficient (Wildman–Crippen LogP) is 3.51. The van der Waals surface area contributed by atoms with Gasteiger partial charge in [-0.15, -0.1) is 0 Å². The van der Waals surface area contributed by atoms with Crippen molar-refractivity contribution in [2.45, 2.75) is 57.3 Å². The molecule has 0 saturated carbocycles. The molecule has 0 aliphatic heterocycles. The molecular weight excluding hydrogens is 470 g/mol. The summed E-state index contributed by atoms with van der Waals surface area (Å²) in [5.74, 6) is -2.88. The summed E-state index contributed by atoms with van der Waals surface area (Å²) in [6.45, 7) is 2.73. The number of hydrogen-bond donors (Lipinski definition) is 4. The third kappa shape index (κ3) is 7.50. The van der Waals surface area contributed by atoms with E-state index in [0.29, 0.717) is 11.0 Å². The van der Waals surface area contributed by atoms with E-state index in [1.165, 1.54) is 38.2 Å². The van der Waals surface area contributed by atoms with Gasteiger partial charge in [-0.1, -0.05) is 30.3 Å². The van der Waals surface area contributed by atoms with Gasteiger partial charge >= 0.3 is 0 Å². The molecule has 192 valence electrons. The molecular formula is C26H30F2N4O4. The fraction of sp³-hybridized carbons (Fsp3) is 0.385. The number of alkyl halides is 1. The molecule has 0 aliphatic carbocycles. The number of aliphatic hydroxyl groups is 1. The fourth-order valence-corrected chi connectivity index (χ4v) is 3.91. The van der Waals surface area contributed by atoms with Crippen LogP contribution >= 0.6 is 0 Å². The van der Waals surface area contributed by atoms with Gasteiger partial charge < -0.3 is 10.4 Å². The molecule has 1 heterocycles. The lowest BCUT2D eigenvalue weighted by atomic mass is 9.88. The normalized spacial score (nSPS) is 14.2. The van der Waals surface area contributed by atoms with Gasteiger partial charge in [-0.05, 0) is 63.3 Å². The van der Waals surface area contributed by atoms with E-state index in [9.17, 15) is 23.5 Å². The predicted molar refractivity (Wildman–Crippen MR) is 129 cm³/mol. The summed E-state index contributed by atoms with van der Waals surface area (Å²) in [4.78, 5) is 33.8. The van der Waals surface area contributed by atoms with Crippen LogP contribution in [0.15, 0.2) is 54.7 Å². The molecule has 1 aromatic heterocycles. The summed E-state index contributed by atoms with van der Waals surface area (Å²) in [6, 6.07) is 11.9. The number of nitrogens with one attached hydrogen (secondary N) is 2. The van der Waals surface area contributed by atoms with Gasteiger partial charge in [0.1, 0.15) is 17.2 Å². The third-order valence-electron chi connectivity index (χ3n) is 5.95. The van der Waals surface area contributed by atoms with E-state index in [0.717, 1.165) is 0 Å². The third-order valence-corrected chi connectivity index (χ3v) is 5.95. The minimum Gasteiger partial charge on any atom is -0.391 e. The Labute approximate surface area is 207 Å². The molecule has 0 spiro atoms. The maximum atomic E-state index is 14.4. The molecule has 4 N–H and O–H groups in total. The second kappa shape index (κ2) is 12.0. The number of nitrogens with zero attached hydrogens (tertiary/aromatic N) is 2. The quantitative estimate of drug-likeness (QED) is 0.236. The van der Waals surface area contributed by atoms with Crippen molar-refractivity contribution in [2.24, 2.45) is 5.92 Å². The van der Waals surface area contributed by atoms with E-state index in [4.69, 9.17) is 5.21 Å². The highest BCUT2D eigenvalue weighted by Gasteiger charge is 2.31. The summed E-state index contributed by atoms with van der Waals surface area (Å²) in [6.07, 6.45) is -0.256. The van der Waals surface area contributed by atoms with E-state index in [2.05, 4.69) is 15.3 Å². The van der Waals surface area contributed by atoms with Crippen molar-refractivity contribution in [3.8, 4) is 0 Å². The maximum Gasteiger partial charge on any atom is 0.271 e. The van der Waals surface area contributed by atoms with Gasteiger partial charge in [-0.2, -0.15) is 0 Å². The molecule has 0 bridgehead atoms. The van der Waals surface area contributed by atoms with Gasteiger partial charge in [0.15, 0.2) is 0 Å². The minimum absolute atomic E-state index is 0.00302. The highest BCUT2D eigenvalue weighted by Crippen LogP contribution is 2.24. The monoisotopic (exact) mass is 500 g/mol. The highest BCUT2D eigenvalue weighted by molar-refractivity contribution is 5.94. The number of fused-ring (bicyclic) bond motifs is 1. The summed E-state index contributed by atoms with van der Waals surface area (Å²) in [5, 5.41) is 22.9. The number of hydroxylamine groups is 1. The summed E-state index contributed by atoms with van der Waals surface area (Å²) < 4.78 is 28.4. The average molecular weight is 501 g/mol. The molecule has 10 heteroatoms. The van der Waals surface area contributed by atoms with E-state index in [1.54, 1.807) is 35.8 Å². The fourth-order valence-electron chi connectivity index (χ4n) is 3.91. The number of aliphatic hydroxyl groups excluding tert-OH is 1. The van der Waals surface area contributed by atoms with Crippen molar-refractivity contribution >= 4 is 22.8 Å². The Morgan fingerprint density at radius 2 is 1.75 bits per heavy atom. The standard InChI is InChI=1S/C26H30F2N4O4/c1-26(2,28)12-11-17(24(34)32-36)14-23(33)21(13-16-7-3-4-8-18(16)27)31-25(35)22-15-29-19-9-5-6-10-20(19)30-22/h3-10,15,17,21,23,33,36H,11-14H2,1-2H3,(H,31,35)(H,32,34). The number of halogens is 2. The molecule has 3 unspecified atom stereocenters. The largest absolute Gasteiger partial charge is 0.391 e. The smallest absolute Gasteiger partial charge is 0.271 e. The number of hydrogen-bond acceptors (Lipinski definition) is 6. The topological polar surface area (TPSA) is 124 Å². The van der Waals surface area contributed by atoms with Crippen molar-refractivity contribution < 1.29 is 28.7 Å². The molecule has 0 radical (unpaired) electrons. The maximum absolute atomic E-state index is 14.4. The van der Waals surface area contributed by atoms with Crippen LogP contribution in [0.25, 0.3) is 11.0 Å². The molecule has 3 atom stereocenters. The van der Waals surface area contributed by atoms with E-state index in [1.807, 2.05) is 0 Å². The number of carbonyl (C=O) groups excluding carboxylic acids is 2. The molecule has 2 amide bonds. The first-order chi connectivity index (χ1) is 17.1. The van der Waals surface area contributed by atoms with Crippen LogP contribution in [0.1, 0.15) is 49.2 Å². The van der Waals surface area contributed by atoms with Gasteiger partial charge in [-0.3, -0.25) is 19.8 Å². The van der Waals surface area contributed by atoms with E-state index < -0.39 is 41.4 Å². The molecule has 0 fully saturated rings. The lowest BCUT2D eigenvalue weighted by Gasteiger charge is -2.28. The zero-order valence-electron chi connectivity index (χ0n) is 20.1. The van der Waals surface area contributed by atoms with Crippen LogP contribution in [0.4, 0.5) is 8.78 Å². The highest BCUT2D eigenvalue weighted by atomic mass is 19.1. The number of aromatic nitrogens is 2. The Hall–Kier alpha value is -3.50. The lowest BCUT2D eigenvalue weighted by molar-refractivity contribution is -0.135. The Kier molecular flexibility index (Phi) is 9.00. The van der Waals surface area contributed by atoms with Crippen LogP contribution in [0.2, 0.25) is 0 Å².